The minimum Gasteiger partial charge on any atom is -0.309 e. The van der Waals surface area contributed by atoms with E-state index in [-0.39, 0.29) is 0 Å². The average molecular weight is 568 g/mol. The van der Waals surface area contributed by atoms with Crippen LogP contribution >= 0.6 is 0 Å². The molecule has 0 saturated heterocycles. The van der Waals surface area contributed by atoms with Crippen LogP contribution in [0.2, 0.25) is 13.1 Å². The van der Waals surface area contributed by atoms with E-state index in [1.165, 1.54) is 32.9 Å². The van der Waals surface area contributed by atoms with E-state index in [2.05, 4.69) is 156 Å². The Morgan fingerprint density at radius 2 is 1.14 bits per heavy atom. The normalized spacial score (nSPS) is 13.5. The minimum absolute atomic E-state index is 0.951. The van der Waals surface area contributed by atoms with Gasteiger partial charge >= 0.3 is 0 Å². The SMILES string of the molecule is C[Si]1(C)c2ccccc2-c2cc3c(cc21)c1ccccc1n3-c1ccc(-n2c(-c3ccccc3)nc3ccccc32)cc1. The fourth-order valence-corrected chi connectivity index (χ4v) is 10.3. The highest BCUT2D eigenvalue weighted by atomic mass is 28.3. The Bertz CT molecular complexity index is 2360. The molecule has 3 heterocycles. The molecule has 0 fully saturated rings. The van der Waals surface area contributed by atoms with Gasteiger partial charge in [0.25, 0.3) is 0 Å². The molecule has 0 radical (unpaired) electrons. The van der Waals surface area contributed by atoms with E-state index in [4.69, 9.17) is 4.98 Å². The topological polar surface area (TPSA) is 22.8 Å². The van der Waals surface area contributed by atoms with Crippen LogP contribution in [-0.4, -0.2) is 22.2 Å². The smallest absolute Gasteiger partial charge is 0.145 e. The second kappa shape index (κ2) is 8.90. The van der Waals surface area contributed by atoms with Gasteiger partial charge in [0.05, 0.1) is 22.1 Å². The summed E-state index contributed by atoms with van der Waals surface area (Å²) in [4.78, 5) is 5.04. The van der Waals surface area contributed by atoms with Gasteiger partial charge in [-0.15, -0.1) is 0 Å². The van der Waals surface area contributed by atoms with Crippen LogP contribution in [0.25, 0.3) is 66.7 Å². The summed E-state index contributed by atoms with van der Waals surface area (Å²) in [6.07, 6.45) is 0. The van der Waals surface area contributed by atoms with E-state index in [0.717, 1.165) is 33.8 Å². The van der Waals surface area contributed by atoms with Gasteiger partial charge in [0.15, 0.2) is 0 Å². The molecule has 0 amide bonds. The summed E-state index contributed by atoms with van der Waals surface area (Å²) >= 11 is 0. The van der Waals surface area contributed by atoms with Crippen molar-refractivity contribution >= 4 is 51.3 Å². The van der Waals surface area contributed by atoms with Gasteiger partial charge in [0.1, 0.15) is 13.9 Å². The van der Waals surface area contributed by atoms with E-state index < -0.39 is 8.07 Å². The lowest BCUT2D eigenvalue weighted by Crippen LogP contribution is -2.49. The number of para-hydroxylation sites is 3. The van der Waals surface area contributed by atoms with Gasteiger partial charge in [0.2, 0.25) is 0 Å². The van der Waals surface area contributed by atoms with Gasteiger partial charge in [-0.2, -0.15) is 0 Å². The van der Waals surface area contributed by atoms with Crippen molar-refractivity contribution in [1.29, 1.82) is 0 Å². The molecular weight excluding hydrogens is 539 g/mol. The van der Waals surface area contributed by atoms with Gasteiger partial charge in [-0.3, -0.25) is 4.57 Å². The molecule has 1 aliphatic heterocycles. The number of fused-ring (bicyclic) bond motifs is 7. The van der Waals surface area contributed by atoms with Crippen LogP contribution in [0.5, 0.6) is 0 Å². The van der Waals surface area contributed by atoms with E-state index in [1.807, 2.05) is 6.07 Å². The molecule has 0 aliphatic carbocycles. The molecule has 8 aromatic rings. The monoisotopic (exact) mass is 567 g/mol. The van der Waals surface area contributed by atoms with Crippen LogP contribution in [0.3, 0.4) is 0 Å². The molecule has 6 aromatic carbocycles. The molecular formula is C39H29N3Si. The van der Waals surface area contributed by atoms with Crippen molar-refractivity contribution in [2.45, 2.75) is 13.1 Å². The molecule has 0 saturated carbocycles. The maximum Gasteiger partial charge on any atom is 0.145 e. The predicted molar refractivity (Wildman–Crippen MR) is 183 cm³/mol. The van der Waals surface area contributed by atoms with Gasteiger partial charge < -0.3 is 4.57 Å². The van der Waals surface area contributed by atoms with Crippen molar-refractivity contribution < 1.29 is 0 Å². The average Bonchev–Trinajstić information content (AvgIpc) is 3.67. The highest BCUT2D eigenvalue weighted by Crippen LogP contribution is 2.38. The zero-order chi connectivity index (χ0) is 28.7. The lowest BCUT2D eigenvalue weighted by Gasteiger charge is -2.18. The Balaban J connectivity index is 1.26. The quantitative estimate of drug-likeness (QED) is 0.196. The third kappa shape index (κ3) is 3.44. The van der Waals surface area contributed by atoms with Crippen LogP contribution in [0.4, 0.5) is 0 Å². The van der Waals surface area contributed by atoms with Crippen LogP contribution in [0.15, 0.2) is 140 Å². The van der Waals surface area contributed by atoms with Gasteiger partial charge in [-0.05, 0) is 70.0 Å². The Morgan fingerprint density at radius 1 is 0.488 bits per heavy atom. The molecule has 4 heteroatoms. The minimum atomic E-state index is -1.77. The van der Waals surface area contributed by atoms with Gasteiger partial charge in [-0.25, -0.2) is 4.98 Å². The van der Waals surface area contributed by atoms with E-state index >= 15 is 0 Å². The number of hydrogen-bond acceptors (Lipinski definition) is 1. The van der Waals surface area contributed by atoms with Crippen molar-refractivity contribution in [2.24, 2.45) is 0 Å². The first-order valence-electron chi connectivity index (χ1n) is 14.9. The highest BCUT2D eigenvalue weighted by molar-refractivity contribution is 7.04. The third-order valence-electron chi connectivity index (χ3n) is 9.33. The molecule has 0 atom stereocenters. The number of aromatic nitrogens is 3. The zero-order valence-corrected chi connectivity index (χ0v) is 25.1. The summed E-state index contributed by atoms with van der Waals surface area (Å²) in [5.74, 6) is 0.951. The highest BCUT2D eigenvalue weighted by Gasteiger charge is 2.37. The summed E-state index contributed by atoms with van der Waals surface area (Å²) in [5.41, 5.74) is 10.8. The van der Waals surface area contributed by atoms with E-state index in [9.17, 15) is 0 Å². The maximum atomic E-state index is 5.04. The van der Waals surface area contributed by atoms with Crippen molar-refractivity contribution in [3.8, 4) is 33.9 Å². The number of hydrogen-bond donors (Lipinski definition) is 0. The zero-order valence-electron chi connectivity index (χ0n) is 24.1. The lowest BCUT2D eigenvalue weighted by molar-refractivity contribution is 1.09. The molecule has 1 aliphatic rings. The second-order valence-corrected chi connectivity index (χ2v) is 16.4. The first-order valence-corrected chi connectivity index (χ1v) is 17.9. The summed E-state index contributed by atoms with van der Waals surface area (Å²) in [7, 11) is -1.77. The summed E-state index contributed by atoms with van der Waals surface area (Å²) in [6.45, 7) is 4.98. The Labute approximate surface area is 251 Å². The fraction of sp³-hybridized carbons (Fsp3) is 0.0513. The summed E-state index contributed by atoms with van der Waals surface area (Å²) in [5, 5.41) is 5.72. The first kappa shape index (κ1) is 24.4. The molecule has 204 valence electrons. The van der Waals surface area contributed by atoms with E-state index in [0.29, 0.717) is 0 Å². The molecule has 3 nitrogen and oxygen atoms in total. The third-order valence-corrected chi connectivity index (χ3v) is 12.9. The number of benzene rings is 6. The van der Waals surface area contributed by atoms with Crippen molar-refractivity contribution in [3.63, 3.8) is 0 Å². The number of imidazole rings is 1. The second-order valence-electron chi connectivity index (χ2n) is 12.1. The molecule has 0 spiro atoms. The lowest BCUT2D eigenvalue weighted by atomic mass is 10.0. The molecule has 9 rings (SSSR count). The van der Waals surface area contributed by atoms with Crippen molar-refractivity contribution in [2.75, 3.05) is 0 Å². The van der Waals surface area contributed by atoms with Gasteiger partial charge in [0, 0.05) is 27.7 Å². The Kier molecular flexibility index (Phi) is 5.05. The standard InChI is InChI=1S/C39H29N3Si/c1-43(2)37-19-11-7-15-30(37)32-24-36-31(25-38(32)43)29-14-6-9-17-34(29)41(36)27-20-22-28(23-21-27)42-35-18-10-8-16-33(35)40-39(42)26-12-4-3-5-13-26/h3-25H,1-2H3. The maximum absolute atomic E-state index is 5.04. The van der Waals surface area contributed by atoms with Gasteiger partial charge in [-0.1, -0.05) is 104 Å². The molecule has 0 unspecified atom stereocenters. The fourth-order valence-electron chi connectivity index (χ4n) is 7.26. The van der Waals surface area contributed by atoms with E-state index in [1.54, 1.807) is 10.4 Å². The summed E-state index contributed by atoms with van der Waals surface area (Å²) in [6, 6.07) is 50.6. The predicted octanol–water partition coefficient (Wildman–Crippen LogP) is 8.59. The van der Waals surface area contributed by atoms with Crippen molar-refractivity contribution in [1.82, 2.24) is 14.1 Å². The Hall–Kier alpha value is -5.19. The largest absolute Gasteiger partial charge is 0.309 e. The Morgan fingerprint density at radius 3 is 1.95 bits per heavy atom. The number of rotatable bonds is 3. The van der Waals surface area contributed by atoms with Crippen molar-refractivity contribution in [3.05, 3.63) is 140 Å². The number of nitrogens with zero attached hydrogens (tertiary/aromatic N) is 3. The van der Waals surface area contributed by atoms with Crippen LogP contribution in [0.1, 0.15) is 0 Å². The van der Waals surface area contributed by atoms with Crippen LogP contribution in [-0.2, 0) is 0 Å². The first-order chi connectivity index (χ1) is 21.1. The van der Waals surface area contributed by atoms with Crippen LogP contribution < -0.4 is 10.4 Å². The molecule has 0 N–H and O–H groups in total. The summed E-state index contributed by atoms with van der Waals surface area (Å²) < 4.78 is 4.71. The van der Waals surface area contributed by atoms with Crippen LogP contribution in [0, 0.1) is 0 Å². The molecule has 43 heavy (non-hydrogen) atoms. The molecule has 0 bridgehead atoms. The molecule has 2 aromatic heterocycles.